The Morgan fingerprint density at radius 3 is 2.68 bits per heavy atom. The van der Waals surface area contributed by atoms with E-state index in [1.807, 2.05) is 6.92 Å². The molecule has 1 atom stereocenters. The Balaban J connectivity index is 2.40. The summed E-state index contributed by atoms with van der Waals surface area (Å²) in [7, 11) is 0. The predicted octanol–water partition coefficient (Wildman–Crippen LogP) is 2.96. The summed E-state index contributed by atoms with van der Waals surface area (Å²) < 4.78 is 5.60. The van der Waals surface area contributed by atoms with E-state index in [1.165, 1.54) is 0 Å². The zero-order valence-corrected chi connectivity index (χ0v) is 12.5. The molecular weight excluding hydrogens is 242 g/mol. The molecule has 0 fully saturated rings. The summed E-state index contributed by atoms with van der Waals surface area (Å²) in [5.41, 5.74) is -0.0663. The molecule has 0 saturated carbocycles. The Morgan fingerprint density at radius 1 is 1.47 bits per heavy atom. The molecule has 5 heteroatoms. The average Bonchev–Trinajstić information content (AvgIpc) is 2.74. The normalized spacial score (nSPS) is 13.1. The van der Waals surface area contributed by atoms with Crippen molar-refractivity contribution in [3.8, 4) is 0 Å². The molecule has 0 aliphatic heterocycles. The van der Waals surface area contributed by atoms with Crippen molar-refractivity contribution in [3.05, 3.63) is 17.8 Å². The van der Waals surface area contributed by atoms with Crippen LogP contribution in [0.4, 0.5) is 4.79 Å². The molecule has 0 unspecified atom stereocenters. The molecule has 0 saturated heterocycles. The summed E-state index contributed by atoms with van der Waals surface area (Å²) in [4.78, 5) is 15.8. The first-order valence-electron chi connectivity index (χ1n) is 6.82. The molecule has 1 aromatic heterocycles. The third kappa shape index (κ3) is 5.32. The van der Waals surface area contributed by atoms with Gasteiger partial charge in [-0.3, -0.25) is 0 Å². The van der Waals surface area contributed by atoms with Crippen LogP contribution in [0.5, 0.6) is 0 Å². The maximum absolute atomic E-state index is 11.6. The van der Waals surface area contributed by atoms with Crippen LogP contribution in [0.15, 0.2) is 10.6 Å². The van der Waals surface area contributed by atoms with Crippen LogP contribution in [0.2, 0.25) is 0 Å². The molecule has 108 valence electrons. The number of urea groups is 1. The van der Waals surface area contributed by atoms with E-state index in [-0.39, 0.29) is 17.5 Å². The number of rotatable bonds is 5. The van der Waals surface area contributed by atoms with E-state index < -0.39 is 0 Å². The highest BCUT2D eigenvalue weighted by Crippen LogP contribution is 2.22. The molecule has 0 spiro atoms. The largest absolute Gasteiger partial charge is 0.443 e. The quantitative estimate of drug-likeness (QED) is 0.862. The number of hydrogen-bond donors (Lipinski definition) is 2. The van der Waals surface area contributed by atoms with Crippen molar-refractivity contribution in [2.24, 2.45) is 0 Å². The van der Waals surface area contributed by atoms with Crippen LogP contribution in [0.25, 0.3) is 0 Å². The second kappa shape index (κ2) is 6.59. The van der Waals surface area contributed by atoms with Crippen molar-refractivity contribution < 1.29 is 9.21 Å². The van der Waals surface area contributed by atoms with Crippen LogP contribution >= 0.6 is 0 Å². The van der Waals surface area contributed by atoms with Crippen LogP contribution < -0.4 is 10.6 Å². The highest BCUT2D eigenvalue weighted by atomic mass is 16.4. The van der Waals surface area contributed by atoms with Crippen molar-refractivity contribution in [1.82, 2.24) is 15.6 Å². The van der Waals surface area contributed by atoms with Gasteiger partial charge in [0.1, 0.15) is 5.76 Å². The van der Waals surface area contributed by atoms with Gasteiger partial charge in [-0.2, -0.15) is 0 Å². The number of aromatic nitrogens is 1. The minimum atomic E-state index is -0.184. The van der Waals surface area contributed by atoms with Crippen molar-refractivity contribution in [1.29, 1.82) is 0 Å². The third-order valence-electron chi connectivity index (χ3n) is 2.79. The lowest BCUT2D eigenvalue weighted by atomic mass is 9.94. The Bertz CT molecular complexity index is 407. The summed E-state index contributed by atoms with van der Waals surface area (Å²) in [5, 5.41) is 5.62. The topological polar surface area (TPSA) is 67.2 Å². The molecule has 19 heavy (non-hydrogen) atoms. The summed E-state index contributed by atoms with van der Waals surface area (Å²) in [6.07, 6.45) is 3.74. The molecule has 1 aromatic rings. The molecule has 5 nitrogen and oxygen atoms in total. The van der Waals surface area contributed by atoms with E-state index >= 15 is 0 Å². The lowest BCUT2D eigenvalue weighted by molar-refractivity contribution is 0.235. The fraction of sp³-hybridized carbons (Fsp3) is 0.714. The minimum Gasteiger partial charge on any atom is -0.443 e. The number of carbonyl (C=O) groups excluding carboxylic acids is 1. The van der Waals surface area contributed by atoms with Gasteiger partial charge in [0.2, 0.25) is 5.89 Å². The molecule has 0 aliphatic carbocycles. The average molecular weight is 267 g/mol. The van der Waals surface area contributed by atoms with Crippen molar-refractivity contribution in [3.63, 3.8) is 0 Å². The van der Waals surface area contributed by atoms with E-state index in [2.05, 4.69) is 43.3 Å². The van der Waals surface area contributed by atoms with Crippen LogP contribution in [0.3, 0.4) is 0 Å². The molecule has 1 rings (SSSR count). The van der Waals surface area contributed by atoms with Gasteiger partial charge in [-0.05, 0) is 13.3 Å². The number of carbonyl (C=O) groups is 1. The van der Waals surface area contributed by atoms with Crippen LogP contribution in [-0.4, -0.2) is 17.1 Å². The van der Waals surface area contributed by atoms with Gasteiger partial charge >= 0.3 is 6.03 Å². The fourth-order valence-electron chi connectivity index (χ4n) is 1.67. The van der Waals surface area contributed by atoms with Gasteiger partial charge in [0.05, 0.1) is 12.7 Å². The summed E-state index contributed by atoms with van der Waals surface area (Å²) in [6.45, 7) is 10.6. The first-order chi connectivity index (χ1) is 8.82. The van der Waals surface area contributed by atoms with Gasteiger partial charge in [-0.25, -0.2) is 9.78 Å². The zero-order valence-electron chi connectivity index (χ0n) is 12.5. The number of oxazole rings is 1. The first kappa shape index (κ1) is 15.5. The highest BCUT2D eigenvalue weighted by molar-refractivity contribution is 5.73. The third-order valence-corrected chi connectivity index (χ3v) is 2.79. The molecule has 0 bridgehead atoms. The number of hydrogen-bond acceptors (Lipinski definition) is 3. The summed E-state index contributed by atoms with van der Waals surface area (Å²) >= 11 is 0. The number of amides is 2. The standard InChI is InChI=1S/C14H25N3O2/c1-6-7-10(2)17-13(18)16-9-12-15-8-11(19-12)14(3,4)5/h8,10H,6-7,9H2,1-5H3,(H2,16,17,18)/t10-/m1/s1. The lowest BCUT2D eigenvalue weighted by Gasteiger charge is -2.14. The number of nitrogens with one attached hydrogen (secondary N) is 2. The Morgan fingerprint density at radius 2 is 2.16 bits per heavy atom. The maximum atomic E-state index is 11.6. The van der Waals surface area contributed by atoms with Crippen molar-refractivity contribution in [2.45, 2.75) is 65.5 Å². The smallest absolute Gasteiger partial charge is 0.315 e. The molecule has 1 heterocycles. The van der Waals surface area contributed by atoms with Gasteiger partial charge in [0, 0.05) is 11.5 Å². The second-order valence-corrected chi connectivity index (χ2v) is 5.88. The van der Waals surface area contributed by atoms with Gasteiger partial charge < -0.3 is 15.1 Å². The molecule has 0 aromatic carbocycles. The first-order valence-corrected chi connectivity index (χ1v) is 6.82. The number of nitrogens with zero attached hydrogens (tertiary/aromatic N) is 1. The van der Waals surface area contributed by atoms with Crippen LogP contribution in [-0.2, 0) is 12.0 Å². The van der Waals surface area contributed by atoms with Crippen LogP contribution in [0, 0.1) is 0 Å². The zero-order chi connectivity index (χ0) is 14.5. The lowest BCUT2D eigenvalue weighted by Crippen LogP contribution is -2.40. The maximum Gasteiger partial charge on any atom is 0.315 e. The van der Waals surface area contributed by atoms with Crippen molar-refractivity contribution >= 4 is 6.03 Å². The van der Waals surface area contributed by atoms with Crippen molar-refractivity contribution in [2.75, 3.05) is 0 Å². The molecule has 0 radical (unpaired) electrons. The molecule has 2 N–H and O–H groups in total. The Labute approximate surface area is 115 Å². The Kier molecular flexibility index (Phi) is 5.39. The molecule has 0 aliphatic rings. The molecular formula is C14H25N3O2. The molecule has 2 amide bonds. The van der Waals surface area contributed by atoms with E-state index in [0.29, 0.717) is 12.4 Å². The van der Waals surface area contributed by atoms with Gasteiger partial charge in [0.25, 0.3) is 0 Å². The monoisotopic (exact) mass is 267 g/mol. The van der Waals surface area contributed by atoms with Crippen LogP contribution in [0.1, 0.15) is 59.1 Å². The second-order valence-electron chi connectivity index (χ2n) is 5.88. The van der Waals surface area contributed by atoms with Gasteiger partial charge in [-0.15, -0.1) is 0 Å². The Hall–Kier alpha value is -1.52. The van der Waals surface area contributed by atoms with Gasteiger partial charge in [0.15, 0.2) is 0 Å². The van der Waals surface area contributed by atoms with E-state index in [9.17, 15) is 4.79 Å². The summed E-state index contributed by atoms with van der Waals surface area (Å²) in [6, 6.07) is -0.00356. The SMILES string of the molecule is CCC[C@@H](C)NC(=O)NCc1ncc(C(C)(C)C)o1. The van der Waals surface area contributed by atoms with Gasteiger partial charge in [-0.1, -0.05) is 34.1 Å². The summed E-state index contributed by atoms with van der Waals surface area (Å²) in [5.74, 6) is 1.35. The van der Waals surface area contributed by atoms with E-state index in [0.717, 1.165) is 18.6 Å². The minimum absolute atomic E-state index is 0.0663. The fourth-order valence-corrected chi connectivity index (χ4v) is 1.67. The van der Waals surface area contributed by atoms with E-state index in [4.69, 9.17) is 4.42 Å². The predicted molar refractivity (Wildman–Crippen MR) is 74.9 cm³/mol. The van der Waals surface area contributed by atoms with E-state index in [1.54, 1.807) is 6.20 Å². The highest BCUT2D eigenvalue weighted by Gasteiger charge is 2.19.